The molecular weight excluding hydrogens is 460 g/mol. The minimum atomic E-state index is -1.41. The van der Waals surface area contributed by atoms with E-state index in [1.807, 2.05) is 13.0 Å². The van der Waals surface area contributed by atoms with Crippen molar-refractivity contribution < 1.29 is 29.2 Å². The summed E-state index contributed by atoms with van der Waals surface area (Å²) in [6, 6.07) is 9.92. The number of rotatable bonds is 5. The van der Waals surface area contributed by atoms with Crippen molar-refractivity contribution in [2.24, 2.45) is 17.6 Å². The number of ether oxygens (including phenoxy) is 1. The molecule has 9 nitrogen and oxygen atoms in total. The van der Waals surface area contributed by atoms with Gasteiger partial charge in [-0.3, -0.25) is 24.1 Å². The normalized spacial score (nSPS) is 27.2. The van der Waals surface area contributed by atoms with Crippen LogP contribution < -0.4 is 21.1 Å². The zero-order valence-electron chi connectivity index (χ0n) is 18.6. The zero-order valence-corrected chi connectivity index (χ0v) is 19.4. The Kier molecular flexibility index (Phi) is 5.14. The van der Waals surface area contributed by atoms with E-state index in [4.69, 9.17) is 22.1 Å². The van der Waals surface area contributed by atoms with Crippen LogP contribution in [0.3, 0.4) is 0 Å². The number of halogens is 1. The lowest BCUT2D eigenvalue weighted by Crippen LogP contribution is -2.99. The van der Waals surface area contributed by atoms with Crippen molar-refractivity contribution in [1.82, 2.24) is 4.90 Å². The molecule has 2 fully saturated rings. The highest BCUT2D eigenvalue weighted by Gasteiger charge is 2.74. The van der Waals surface area contributed by atoms with E-state index in [2.05, 4.69) is 5.32 Å². The molecule has 0 radical (unpaired) electrons. The number of quaternary nitrogens is 1. The van der Waals surface area contributed by atoms with Crippen molar-refractivity contribution in [2.75, 3.05) is 12.4 Å². The predicted octanol–water partition coefficient (Wildman–Crippen LogP) is 0.427. The largest absolute Gasteiger partial charge is 0.497 e. The van der Waals surface area contributed by atoms with E-state index in [9.17, 15) is 19.2 Å². The fourth-order valence-corrected chi connectivity index (χ4v) is 6.02. The van der Waals surface area contributed by atoms with Gasteiger partial charge in [0.05, 0.1) is 30.8 Å². The maximum atomic E-state index is 13.8. The highest BCUT2D eigenvalue weighted by atomic mass is 35.5. The van der Waals surface area contributed by atoms with Crippen LogP contribution in [0, 0.1) is 18.8 Å². The quantitative estimate of drug-likeness (QED) is 0.530. The van der Waals surface area contributed by atoms with Gasteiger partial charge >= 0.3 is 0 Å². The number of anilines is 1. The summed E-state index contributed by atoms with van der Waals surface area (Å²) in [7, 11) is 1.55. The maximum Gasteiger partial charge on any atom is 0.291 e. The fraction of sp³-hybridized carbons (Fsp3) is 0.333. The third-order valence-corrected chi connectivity index (χ3v) is 7.40. The summed E-state index contributed by atoms with van der Waals surface area (Å²) in [6.07, 6.45) is -0.138. The van der Waals surface area contributed by atoms with E-state index in [0.717, 1.165) is 11.1 Å². The Morgan fingerprint density at radius 3 is 2.56 bits per heavy atom. The number of hydrogen-bond acceptors (Lipinski definition) is 5. The van der Waals surface area contributed by atoms with Crippen molar-refractivity contribution in [3.8, 4) is 5.75 Å². The second kappa shape index (κ2) is 7.82. The van der Waals surface area contributed by atoms with Gasteiger partial charge in [0.1, 0.15) is 23.6 Å². The second-order valence-electron chi connectivity index (χ2n) is 9.11. The average molecular weight is 484 g/mol. The Hall–Kier alpha value is -3.43. The number of hydrogen-bond donors (Lipinski definition) is 3. The monoisotopic (exact) mass is 483 g/mol. The van der Waals surface area contributed by atoms with Crippen LogP contribution in [0.25, 0.3) is 0 Å². The lowest BCUT2D eigenvalue weighted by molar-refractivity contribution is -0.732. The van der Waals surface area contributed by atoms with Crippen LogP contribution in [-0.2, 0) is 31.3 Å². The number of amides is 4. The highest BCUT2D eigenvalue weighted by Crippen LogP contribution is 2.51. The van der Waals surface area contributed by atoms with E-state index >= 15 is 0 Å². The Morgan fingerprint density at radius 1 is 1.21 bits per heavy atom. The number of primary amides is 1. The third kappa shape index (κ3) is 3.11. The van der Waals surface area contributed by atoms with E-state index in [0.29, 0.717) is 22.0 Å². The standard InChI is InChI=1S/C24H23ClN4O5/c1-11-7-14-20(15(25)8-11)27-23(33)24(14)19-18(16(28-24)9-17(26)30)21(31)29(22(19)32)10-12-3-5-13(34-2)6-4-12/h3-8,16,18-19,28H,9-10H2,1-2H3,(H2,26,30)(H,27,33)/p+1/t16-,18+,19-,24+/m0/s1. The van der Waals surface area contributed by atoms with Crippen LogP contribution in [-0.4, -0.2) is 41.7 Å². The number of carbonyl (C=O) groups excluding carboxylic acids is 4. The van der Waals surface area contributed by atoms with Crippen LogP contribution in [0.15, 0.2) is 36.4 Å². The summed E-state index contributed by atoms with van der Waals surface area (Å²) >= 11 is 6.42. The summed E-state index contributed by atoms with van der Waals surface area (Å²) in [5, 5.41) is 4.84. The van der Waals surface area contributed by atoms with Crippen molar-refractivity contribution in [3.05, 3.63) is 58.1 Å². The lowest BCUT2D eigenvalue weighted by Gasteiger charge is -2.26. The molecule has 1 spiro atoms. The van der Waals surface area contributed by atoms with Gasteiger partial charge in [-0.15, -0.1) is 0 Å². The molecule has 2 aromatic rings. The van der Waals surface area contributed by atoms with Crippen molar-refractivity contribution in [3.63, 3.8) is 0 Å². The number of nitrogens with two attached hydrogens (primary N) is 2. The average Bonchev–Trinajstić information content (AvgIpc) is 3.35. The van der Waals surface area contributed by atoms with Crippen molar-refractivity contribution in [2.45, 2.75) is 31.5 Å². The molecule has 3 heterocycles. The fourth-order valence-electron chi connectivity index (χ4n) is 5.70. The molecule has 176 valence electrons. The number of methoxy groups -OCH3 is 1. The number of nitrogens with one attached hydrogen (secondary N) is 1. The van der Waals surface area contributed by atoms with Crippen LogP contribution in [0.4, 0.5) is 5.69 Å². The first-order valence-electron chi connectivity index (χ1n) is 10.9. The molecule has 0 aromatic heterocycles. The smallest absolute Gasteiger partial charge is 0.291 e. The van der Waals surface area contributed by atoms with Crippen molar-refractivity contribution >= 4 is 40.9 Å². The number of carbonyl (C=O) groups is 4. The molecule has 5 rings (SSSR count). The zero-order chi connectivity index (χ0) is 24.4. The van der Waals surface area contributed by atoms with Crippen LogP contribution in [0.1, 0.15) is 23.1 Å². The molecule has 2 aromatic carbocycles. The van der Waals surface area contributed by atoms with Crippen LogP contribution in [0.5, 0.6) is 5.75 Å². The van der Waals surface area contributed by atoms with Crippen LogP contribution >= 0.6 is 11.6 Å². The van der Waals surface area contributed by atoms with Gasteiger partial charge in [-0.1, -0.05) is 23.7 Å². The predicted molar refractivity (Wildman–Crippen MR) is 122 cm³/mol. The first kappa shape index (κ1) is 22.4. The molecular formula is C24H24ClN4O5+. The summed E-state index contributed by atoms with van der Waals surface area (Å²) < 4.78 is 5.17. The molecule has 4 atom stereocenters. The SMILES string of the molecule is COc1ccc(CN2C(=O)[C@@H]3[C@H](CC(N)=O)[NH2+][C@@]4(C(=O)Nc5c(Cl)cc(C)cc54)[C@@H]3C2=O)cc1. The molecule has 4 amide bonds. The molecule has 3 aliphatic heterocycles. The van der Waals surface area contributed by atoms with Gasteiger partial charge in [0.25, 0.3) is 5.91 Å². The molecule has 10 heteroatoms. The molecule has 0 bridgehead atoms. The molecule has 34 heavy (non-hydrogen) atoms. The van der Waals surface area contributed by atoms with Gasteiger partial charge in [-0.05, 0) is 42.3 Å². The van der Waals surface area contributed by atoms with E-state index < -0.39 is 47.0 Å². The molecule has 3 aliphatic rings. The lowest BCUT2D eigenvalue weighted by atomic mass is 9.76. The van der Waals surface area contributed by atoms with E-state index in [1.54, 1.807) is 42.8 Å². The Balaban J connectivity index is 1.59. The minimum absolute atomic E-state index is 0.0527. The highest BCUT2D eigenvalue weighted by molar-refractivity contribution is 6.35. The number of benzene rings is 2. The molecule has 0 unspecified atom stereocenters. The van der Waals surface area contributed by atoms with Gasteiger partial charge in [0.15, 0.2) is 0 Å². The molecule has 2 saturated heterocycles. The van der Waals surface area contributed by atoms with E-state index in [-0.39, 0.29) is 13.0 Å². The Labute approximate surface area is 200 Å². The van der Waals surface area contributed by atoms with E-state index in [1.165, 1.54) is 4.90 Å². The number of fused-ring (bicyclic) bond motifs is 4. The molecule has 0 aliphatic carbocycles. The summed E-state index contributed by atoms with van der Waals surface area (Å²) in [5.74, 6) is -3.09. The summed E-state index contributed by atoms with van der Waals surface area (Å²) in [4.78, 5) is 53.8. The molecule has 0 saturated carbocycles. The maximum absolute atomic E-state index is 13.8. The van der Waals surface area contributed by atoms with Gasteiger partial charge in [0.2, 0.25) is 23.3 Å². The Morgan fingerprint density at radius 2 is 1.91 bits per heavy atom. The summed E-state index contributed by atoms with van der Waals surface area (Å²) in [6.45, 7) is 1.89. The van der Waals surface area contributed by atoms with Gasteiger partial charge in [-0.25, -0.2) is 0 Å². The first-order valence-corrected chi connectivity index (χ1v) is 11.3. The minimum Gasteiger partial charge on any atom is -0.497 e. The third-order valence-electron chi connectivity index (χ3n) is 7.10. The second-order valence-corrected chi connectivity index (χ2v) is 9.51. The van der Waals surface area contributed by atoms with Crippen molar-refractivity contribution in [1.29, 1.82) is 0 Å². The molecule has 5 N–H and O–H groups in total. The van der Waals surface area contributed by atoms with Gasteiger partial charge in [0, 0.05) is 5.56 Å². The first-order chi connectivity index (χ1) is 16.2. The van der Waals surface area contributed by atoms with Crippen LogP contribution in [0.2, 0.25) is 5.02 Å². The number of imide groups is 1. The summed E-state index contributed by atoms with van der Waals surface area (Å²) in [5.41, 5.74) is 6.61. The topological polar surface area (TPSA) is 135 Å². The number of nitrogens with zero attached hydrogens (tertiary/aromatic N) is 1. The number of aryl methyl sites for hydroxylation is 1. The van der Waals surface area contributed by atoms with Gasteiger partial charge in [-0.2, -0.15) is 0 Å². The Bertz CT molecular complexity index is 1250. The van der Waals surface area contributed by atoms with Gasteiger partial charge < -0.3 is 21.1 Å². The number of likely N-dealkylation sites (tertiary alicyclic amines) is 1.